The first-order valence-electron chi connectivity index (χ1n) is 5.27. The molecule has 0 aromatic carbocycles. The molecule has 0 bridgehead atoms. The molecule has 1 atom stereocenters. The van der Waals surface area contributed by atoms with Crippen molar-refractivity contribution in [1.29, 1.82) is 0 Å². The summed E-state index contributed by atoms with van der Waals surface area (Å²) in [6.45, 7) is 2.16. The maximum Gasteiger partial charge on any atom is 0.169 e. The van der Waals surface area contributed by atoms with Crippen LogP contribution in [-0.4, -0.2) is 6.04 Å². The fraction of sp³-hybridized carbons (Fsp3) is 0.636. The molecule has 2 nitrogen and oxygen atoms in total. The lowest BCUT2D eigenvalue weighted by atomic mass is 10.2. The Morgan fingerprint density at radius 3 is 2.71 bits per heavy atom. The summed E-state index contributed by atoms with van der Waals surface area (Å²) in [5.41, 5.74) is 0. The smallest absolute Gasteiger partial charge is 0.169 e. The highest BCUT2D eigenvalue weighted by Crippen LogP contribution is 2.24. The van der Waals surface area contributed by atoms with E-state index in [1.54, 1.807) is 0 Å². The number of nitrogens with one attached hydrogen (secondary N) is 1. The lowest BCUT2D eigenvalue weighted by Crippen LogP contribution is -2.28. The van der Waals surface area contributed by atoms with Gasteiger partial charge < -0.3 is 9.73 Å². The molecule has 2 rings (SSSR count). The summed E-state index contributed by atoms with van der Waals surface area (Å²) in [4.78, 5) is 0. The van der Waals surface area contributed by atoms with Gasteiger partial charge in [0.15, 0.2) is 4.67 Å². The third kappa shape index (κ3) is 2.39. The number of furan rings is 1. The van der Waals surface area contributed by atoms with Crippen LogP contribution in [0.4, 0.5) is 0 Å². The highest BCUT2D eigenvalue weighted by atomic mass is 79.9. The number of rotatable bonds is 3. The maximum atomic E-state index is 5.51. The van der Waals surface area contributed by atoms with Crippen LogP contribution in [0.3, 0.4) is 0 Å². The van der Waals surface area contributed by atoms with Crippen LogP contribution in [0.2, 0.25) is 0 Å². The van der Waals surface area contributed by atoms with Crippen LogP contribution < -0.4 is 5.32 Å². The van der Waals surface area contributed by atoms with E-state index >= 15 is 0 Å². The molecule has 1 aliphatic rings. The molecule has 1 unspecified atom stereocenters. The van der Waals surface area contributed by atoms with Crippen LogP contribution in [-0.2, 0) is 0 Å². The van der Waals surface area contributed by atoms with Gasteiger partial charge in [-0.25, -0.2) is 0 Å². The second-order valence-electron chi connectivity index (χ2n) is 4.01. The van der Waals surface area contributed by atoms with Crippen LogP contribution in [0, 0.1) is 0 Å². The molecule has 14 heavy (non-hydrogen) atoms. The summed E-state index contributed by atoms with van der Waals surface area (Å²) in [6.07, 6.45) is 5.36. The van der Waals surface area contributed by atoms with Crippen LogP contribution in [0.25, 0.3) is 0 Å². The third-order valence-electron chi connectivity index (χ3n) is 2.86. The van der Waals surface area contributed by atoms with Gasteiger partial charge in [0.25, 0.3) is 0 Å². The predicted octanol–water partition coefficient (Wildman–Crippen LogP) is 3.64. The van der Waals surface area contributed by atoms with Gasteiger partial charge in [-0.2, -0.15) is 0 Å². The van der Waals surface area contributed by atoms with E-state index in [4.69, 9.17) is 4.42 Å². The average Bonchev–Trinajstić information content (AvgIpc) is 2.75. The Kier molecular flexibility index (Phi) is 3.29. The van der Waals surface area contributed by atoms with Crippen molar-refractivity contribution < 1.29 is 4.42 Å². The molecule has 0 amide bonds. The molecule has 3 heteroatoms. The highest BCUT2D eigenvalue weighted by Gasteiger charge is 2.18. The summed E-state index contributed by atoms with van der Waals surface area (Å²) in [5, 5.41) is 3.59. The molecule has 1 aromatic heterocycles. The molecule has 1 heterocycles. The van der Waals surface area contributed by atoms with Crippen LogP contribution in [0.15, 0.2) is 21.2 Å². The minimum atomic E-state index is 0.324. The lowest BCUT2D eigenvalue weighted by molar-refractivity contribution is 0.382. The Bertz CT molecular complexity index is 291. The molecule has 0 saturated heterocycles. The largest absolute Gasteiger partial charge is 0.453 e. The molecule has 1 fully saturated rings. The minimum Gasteiger partial charge on any atom is -0.453 e. The highest BCUT2D eigenvalue weighted by molar-refractivity contribution is 9.10. The minimum absolute atomic E-state index is 0.324. The molecule has 0 aliphatic heterocycles. The zero-order chi connectivity index (χ0) is 9.97. The summed E-state index contributed by atoms with van der Waals surface area (Å²) in [5.74, 6) is 1.02. The number of hydrogen-bond acceptors (Lipinski definition) is 2. The quantitative estimate of drug-likeness (QED) is 0.895. The number of halogens is 1. The Morgan fingerprint density at radius 1 is 1.43 bits per heavy atom. The van der Waals surface area contributed by atoms with E-state index in [1.807, 2.05) is 12.1 Å². The number of hydrogen-bond donors (Lipinski definition) is 1. The zero-order valence-corrected chi connectivity index (χ0v) is 10.0. The van der Waals surface area contributed by atoms with Gasteiger partial charge in [-0.15, -0.1) is 0 Å². The monoisotopic (exact) mass is 257 g/mol. The van der Waals surface area contributed by atoms with E-state index < -0.39 is 0 Å². The molecule has 1 aromatic rings. The summed E-state index contributed by atoms with van der Waals surface area (Å²) in [7, 11) is 0. The van der Waals surface area contributed by atoms with Gasteiger partial charge in [-0.1, -0.05) is 12.8 Å². The molecule has 0 spiro atoms. The van der Waals surface area contributed by atoms with Gasteiger partial charge in [-0.05, 0) is 47.8 Å². The standard InChI is InChI=1S/C11H16BrNO/c1-8(10-6-7-11(12)14-10)13-9-4-2-3-5-9/h6-9,13H,2-5H2,1H3. The van der Waals surface area contributed by atoms with Crippen molar-refractivity contribution in [1.82, 2.24) is 5.32 Å². The second-order valence-corrected chi connectivity index (χ2v) is 4.79. The Balaban J connectivity index is 1.91. The van der Waals surface area contributed by atoms with E-state index in [2.05, 4.69) is 28.2 Å². The summed E-state index contributed by atoms with van der Waals surface area (Å²) in [6, 6.07) is 4.98. The van der Waals surface area contributed by atoms with Gasteiger partial charge in [0.2, 0.25) is 0 Å². The van der Waals surface area contributed by atoms with Crippen molar-refractivity contribution in [3.8, 4) is 0 Å². The fourth-order valence-electron chi connectivity index (χ4n) is 2.09. The van der Waals surface area contributed by atoms with Crippen molar-refractivity contribution in [2.75, 3.05) is 0 Å². The molecule has 1 aliphatic carbocycles. The Labute approximate surface area is 93.2 Å². The van der Waals surface area contributed by atoms with E-state index in [1.165, 1.54) is 25.7 Å². The molecule has 1 N–H and O–H groups in total. The topological polar surface area (TPSA) is 25.2 Å². The van der Waals surface area contributed by atoms with Crippen molar-refractivity contribution >= 4 is 15.9 Å². The van der Waals surface area contributed by atoms with Crippen molar-refractivity contribution in [3.63, 3.8) is 0 Å². The van der Waals surface area contributed by atoms with Gasteiger partial charge in [0, 0.05) is 6.04 Å². The van der Waals surface area contributed by atoms with E-state index in [-0.39, 0.29) is 0 Å². The van der Waals surface area contributed by atoms with Gasteiger partial charge in [0.05, 0.1) is 6.04 Å². The Hall–Kier alpha value is -0.280. The normalized spacial score (nSPS) is 20.1. The summed E-state index contributed by atoms with van der Waals surface area (Å²) >= 11 is 3.32. The van der Waals surface area contributed by atoms with Gasteiger partial charge >= 0.3 is 0 Å². The molecule has 0 radical (unpaired) electrons. The third-order valence-corrected chi connectivity index (χ3v) is 3.29. The van der Waals surface area contributed by atoms with E-state index in [0.717, 1.165) is 10.4 Å². The molecular formula is C11H16BrNO. The maximum absolute atomic E-state index is 5.51. The van der Waals surface area contributed by atoms with Crippen LogP contribution >= 0.6 is 15.9 Å². The molecule has 1 saturated carbocycles. The summed E-state index contributed by atoms with van der Waals surface area (Å²) < 4.78 is 6.32. The first-order valence-corrected chi connectivity index (χ1v) is 6.06. The molecule has 78 valence electrons. The van der Waals surface area contributed by atoms with Crippen LogP contribution in [0.1, 0.15) is 44.4 Å². The SMILES string of the molecule is CC(NC1CCCC1)c1ccc(Br)o1. The molecular weight excluding hydrogens is 242 g/mol. The van der Waals surface area contributed by atoms with Gasteiger partial charge in [-0.3, -0.25) is 0 Å². The Morgan fingerprint density at radius 2 is 2.14 bits per heavy atom. The first kappa shape index (κ1) is 10.2. The first-order chi connectivity index (χ1) is 6.75. The van der Waals surface area contributed by atoms with E-state index in [0.29, 0.717) is 12.1 Å². The van der Waals surface area contributed by atoms with Crippen molar-refractivity contribution in [2.45, 2.75) is 44.7 Å². The van der Waals surface area contributed by atoms with Crippen LogP contribution in [0.5, 0.6) is 0 Å². The second kappa shape index (κ2) is 4.49. The van der Waals surface area contributed by atoms with E-state index in [9.17, 15) is 0 Å². The average molecular weight is 258 g/mol. The fourth-order valence-corrected chi connectivity index (χ4v) is 2.41. The van der Waals surface area contributed by atoms with Crippen molar-refractivity contribution in [3.05, 3.63) is 22.6 Å². The predicted molar refractivity (Wildman–Crippen MR) is 60.2 cm³/mol. The van der Waals surface area contributed by atoms with Gasteiger partial charge in [0.1, 0.15) is 5.76 Å². The lowest BCUT2D eigenvalue weighted by Gasteiger charge is -2.16. The van der Waals surface area contributed by atoms with Crippen molar-refractivity contribution in [2.24, 2.45) is 0 Å². The zero-order valence-electron chi connectivity index (χ0n) is 8.42.